The summed E-state index contributed by atoms with van der Waals surface area (Å²) in [5, 5.41) is 8.16. The first-order valence-corrected chi connectivity index (χ1v) is 8.12. The summed E-state index contributed by atoms with van der Waals surface area (Å²) in [6, 6.07) is 5.01. The largest absolute Gasteiger partial charge is 0.348 e. The molecule has 2 aromatic rings. The van der Waals surface area contributed by atoms with Crippen molar-refractivity contribution in [2.24, 2.45) is 13.0 Å². The van der Waals surface area contributed by atoms with Crippen LogP contribution in [0.25, 0.3) is 0 Å². The van der Waals surface area contributed by atoms with Crippen LogP contribution in [0.4, 0.5) is 0 Å². The van der Waals surface area contributed by atoms with Crippen LogP contribution in [0.15, 0.2) is 24.5 Å². The van der Waals surface area contributed by atoms with Crippen LogP contribution in [-0.2, 0) is 20.0 Å². The van der Waals surface area contributed by atoms with E-state index in [4.69, 9.17) is 0 Å². The topological polar surface area (TPSA) is 34.8 Å². The summed E-state index contributed by atoms with van der Waals surface area (Å²) >= 11 is 0. The van der Waals surface area contributed by atoms with Crippen molar-refractivity contribution in [1.29, 1.82) is 0 Å². The second-order valence-electron chi connectivity index (χ2n) is 6.09. The summed E-state index contributed by atoms with van der Waals surface area (Å²) in [7, 11) is 2.03. The highest BCUT2D eigenvalue weighted by Gasteiger charge is 2.32. The number of aromatic nitrogens is 3. The number of aryl methyl sites for hydroxylation is 2. The molecule has 21 heavy (non-hydrogen) atoms. The van der Waals surface area contributed by atoms with Crippen LogP contribution in [0.1, 0.15) is 49.7 Å². The van der Waals surface area contributed by atoms with Crippen molar-refractivity contribution in [3.05, 3.63) is 41.5 Å². The normalized spacial score (nSPS) is 16.3. The third kappa shape index (κ3) is 3.21. The summed E-state index contributed by atoms with van der Waals surface area (Å²) in [4.78, 5) is 0. The van der Waals surface area contributed by atoms with Gasteiger partial charge in [-0.1, -0.05) is 13.8 Å². The highest BCUT2D eigenvalue weighted by Crippen LogP contribution is 2.41. The zero-order chi connectivity index (χ0) is 14.8. The van der Waals surface area contributed by atoms with Crippen LogP contribution in [0.3, 0.4) is 0 Å². The molecule has 0 radical (unpaired) electrons. The molecule has 1 N–H and O–H groups in total. The molecule has 1 atom stereocenters. The molecule has 1 aliphatic rings. The molecule has 0 aliphatic heterocycles. The number of nitrogens with zero attached hydrogens (tertiary/aromatic N) is 3. The van der Waals surface area contributed by atoms with E-state index in [0.717, 1.165) is 25.4 Å². The molecule has 4 nitrogen and oxygen atoms in total. The average Bonchev–Trinajstić information content (AvgIpc) is 3.11. The van der Waals surface area contributed by atoms with Gasteiger partial charge >= 0.3 is 0 Å². The fourth-order valence-electron chi connectivity index (χ4n) is 3.03. The Morgan fingerprint density at radius 2 is 2.19 bits per heavy atom. The minimum Gasteiger partial charge on any atom is -0.348 e. The molecule has 4 heteroatoms. The lowest BCUT2D eigenvalue weighted by Gasteiger charge is -2.15. The van der Waals surface area contributed by atoms with E-state index in [1.807, 2.05) is 11.7 Å². The van der Waals surface area contributed by atoms with Crippen LogP contribution in [0.5, 0.6) is 0 Å². The Bertz CT molecular complexity index is 592. The molecule has 0 aromatic carbocycles. The number of rotatable bonds is 7. The van der Waals surface area contributed by atoms with Crippen molar-refractivity contribution in [3.8, 4) is 0 Å². The second kappa shape index (κ2) is 6.06. The van der Waals surface area contributed by atoms with E-state index in [0.29, 0.717) is 6.04 Å². The van der Waals surface area contributed by atoms with Crippen molar-refractivity contribution in [3.63, 3.8) is 0 Å². The van der Waals surface area contributed by atoms with Gasteiger partial charge in [0.15, 0.2) is 0 Å². The third-order valence-corrected chi connectivity index (χ3v) is 4.38. The van der Waals surface area contributed by atoms with Crippen LogP contribution < -0.4 is 5.32 Å². The molecule has 0 bridgehead atoms. The lowest BCUT2D eigenvalue weighted by molar-refractivity contribution is 0.495. The van der Waals surface area contributed by atoms with Crippen molar-refractivity contribution < 1.29 is 0 Å². The standard InChI is InChI=1S/C17H26N4/c1-4-15-10-16(20(3)19-15)12-21-9-8-14(11-21)17(18-5-2)13-6-7-13/h8-11,13,17-18H,4-7,12H2,1-3H3. The fourth-order valence-corrected chi connectivity index (χ4v) is 3.03. The summed E-state index contributed by atoms with van der Waals surface area (Å²) in [6.07, 6.45) is 8.22. The maximum Gasteiger partial charge on any atom is 0.0639 e. The van der Waals surface area contributed by atoms with E-state index in [9.17, 15) is 0 Å². The lowest BCUT2D eigenvalue weighted by atomic mass is 10.1. The maximum atomic E-state index is 4.53. The van der Waals surface area contributed by atoms with Crippen molar-refractivity contribution in [1.82, 2.24) is 19.7 Å². The number of hydrogen-bond acceptors (Lipinski definition) is 2. The zero-order valence-electron chi connectivity index (χ0n) is 13.3. The summed E-state index contributed by atoms with van der Waals surface area (Å²) in [5.74, 6) is 0.837. The number of hydrogen-bond donors (Lipinski definition) is 1. The second-order valence-corrected chi connectivity index (χ2v) is 6.09. The molecule has 1 unspecified atom stereocenters. The zero-order valence-corrected chi connectivity index (χ0v) is 13.3. The van der Waals surface area contributed by atoms with E-state index in [2.05, 4.69) is 53.4 Å². The van der Waals surface area contributed by atoms with Crippen molar-refractivity contribution in [2.45, 2.75) is 45.7 Å². The van der Waals surface area contributed by atoms with Gasteiger partial charge in [0.05, 0.1) is 17.9 Å². The Morgan fingerprint density at radius 1 is 1.38 bits per heavy atom. The molecule has 0 amide bonds. The van der Waals surface area contributed by atoms with Gasteiger partial charge in [-0.25, -0.2) is 0 Å². The van der Waals surface area contributed by atoms with Gasteiger partial charge in [-0.05, 0) is 49.4 Å². The molecule has 1 fully saturated rings. The average molecular weight is 286 g/mol. The van der Waals surface area contributed by atoms with Gasteiger partial charge in [-0.2, -0.15) is 5.10 Å². The summed E-state index contributed by atoms with van der Waals surface area (Å²) in [6.45, 7) is 6.27. The molecular formula is C17H26N4. The Labute approximate surface area is 127 Å². The van der Waals surface area contributed by atoms with Crippen LogP contribution in [0.2, 0.25) is 0 Å². The minimum atomic E-state index is 0.536. The van der Waals surface area contributed by atoms with Crippen molar-refractivity contribution in [2.75, 3.05) is 6.54 Å². The predicted octanol–water partition coefficient (Wildman–Crippen LogP) is 2.89. The van der Waals surface area contributed by atoms with Gasteiger partial charge in [-0.3, -0.25) is 4.68 Å². The molecule has 1 aliphatic carbocycles. The quantitative estimate of drug-likeness (QED) is 0.849. The molecule has 3 rings (SSSR count). The molecule has 1 saturated carbocycles. The van der Waals surface area contributed by atoms with Gasteiger partial charge in [0, 0.05) is 25.5 Å². The third-order valence-electron chi connectivity index (χ3n) is 4.38. The first-order valence-electron chi connectivity index (χ1n) is 8.12. The predicted molar refractivity (Wildman–Crippen MR) is 85.3 cm³/mol. The monoisotopic (exact) mass is 286 g/mol. The smallest absolute Gasteiger partial charge is 0.0639 e. The lowest BCUT2D eigenvalue weighted by Crippen LogP contribution is -2.22. The Hall–Kier alpha value is -1.55. The first-order chi connectivity index (χ1) is 10.2. The van der Waals surface area contributed by atoms with Crippen LogP contribution in [0, 0.1) is 5.92 Å². The fraction of sp³-hybridized carbons (Fsp3) is 0.588. The van der Waals surface area contributed by atoms with Gasteiger partial charge in [-0.15, -0.1) is 0 Å². The van der Waals surface area contributed by atoms with Crippen LogP contribution >= 0.6 is 0 Å². The van der Waals surface area contributed by atoms with E-state index in [1.54, 1.807) is 0 Å². The van der Waals surface area contributed by atoms with Crippen molar-refractivity contribution >= 4 is 0 Å². The molecule has 114 valence electrons. The van der Waals surface area contributed by atoms with Gasteiger partial charge in [0.25, 0.3) is 0 Å². The Morgan fingerprint density at radius 3 is 2.81 bits per heavy atom. The minimum absolute atomic E-state index is 0.536. The number of nitrogens with one attached hydrogen (secondary N) is 1. The van der Waals surface area contributed by atoms with E-state index in [1.165, 1.54) is 29.8 Å². The van der Waals surface area contributed by atoms with Gasteiger partial charge in [0.1, 0.15) is 0 Å². The van der Waals surface area contributed by atoms with Crippen LogP contribution in [-0.4, -0.2) is 20.9 Å². The molecule has 2 aromatic heterocycles. The summed E-state index contributed by atoms with van der Waals surface area (Å²) in [5.41, 5.74) is 3.86. The molecular weight excluding hydrogens is 260 g/mol. The van der Waals surface area contributed by atoms with E-state index in [-0.39, 0.29) is 0 Å². The maximum absolute atomic E-state index is 4.53. The SMILES string of the molecule is CCNC(c1ccn(Cc2cc(CC)nn2C)c1)C1CC1. The van der Waals surface area contributed by atoms with Gasteiger partial charge in [0.2, 0.25) is 0 Å². The van der Waals surface area contributed by atoms with E-state index >= 15 is 0 Å². The van der Waals surface area contributed by atoms with Gasteiger partial charge < -0.3 is 9.88 Å². The molecule has 0 saturated heterocycles. The Kier molecular flexibility index (Phi) is 4.15. The first kappa shape index (κ1) is 14.4. The Balaban J connectivity index is 1.73. The highest BCUT2D eigenvalue weighted by molar-refractivity contribution is 5.20. The summed E-state index contributed by atoms with van der Waals surface area (Å²) < 4.78 is 4.28. The highest BCUT2D eigenvalue weighted by atomic mass is 15.3. The molecule has 0 spiro atoms. The molecule has 2 heterocycles. The van der Waals surface area contributed by atoms with E-state index < -0.39 is 0 Å².